The molecule has 8 nitrogen and oxygen atoms in total. The Kier molecular flexibility index (Phi) is 9.75. The largest absolute Gasteiger partial charge is 2.00 e. The molecule has 0 unspecified atom stereocenters. The van der Waals surface area contributed by atoms with E-state index in [0.717, 1.165) is 130 Å². The van der Waals surface area contributed by atoms with Gasteiger partial charge in [-0.1, -0.05) is 194 Å². The normalized spacial score (nSPS) is 12.4. The fourth-order valence-corrected chi connectivity index (χ4v) is 15.3. The van der Waals surface area contributed by atoms with Crippen molar-refractivity contribution in [2.45, 2.75) is 0 Å². The summed E-state index contributed by atoms with van der Waals surface area (Å²) in [4.78, 5) is 44.8. The summed E-state index contributed by atoms with van der Waals surface area (Å²) in [7, 11) is 0. The first-order valence-electron chi connectivity index (χ1n) is 29.8. The number of fused-ring (bicyclic) bond motifs is 44. The van der Waals surface area contributed by atoms with Crippen molar-refractivity contribution >= 4 is 173 Å². The van der Waals surface area contributed by atoms with Crippen LogP contribution in [0.4, 0.5) is 0 Å². The summed E-state index contributed by atoms with van der Waals surface area (Å²) < 4.78 is 0. The van der Waals surface area contributed by atoms with Gasteiger partial charge in [0, 0.05) is 44.8 Å². The molecule has 0 aliphatic carbocycles. The molecule has 2 aliphatic rings. The Labute approximate surface area is 515 Å². The monoisotopic (exact) mass is 1180 g/mol. The molecular formula is C80H40CuN8. The van der Waals surface area contributed by atoms with Gasteiger partial charge in [0.1, 0.15) is 0 Å². The predicted molar refractivity (Wildman–Crippen MR) is 364 cm³/mol. The third-order valence-electron chi connectivity index (χ3n) is 19.2. The van der Waals surface area contributed by atoms with Crippen molar-refractivity contribution in [1.29, 1.82) is 0 Å². The van der Waals surface area contributed by atoms with Crippen molar-refractivity contribution in [2.75, 3.05) is 0 Å². The molecule has 8 bridgehead atoms. The van der Waals surface area contributed by atoms with Crippen LogP contribution in [0.25, 0.3) is 219 Å². The molecule has 21 rings (SSSR count). The number of nitrogens with zero attached hydrogens (tertiary/aromatic N) is 8. The summed E-state index contributed by atoms with van der Waals surface area (Å²) in [6.07, 6.45) is 0. The van der Waals surface area contributed by atoms with Crippen LogP contribution in [0.2, 0.25) is 0 Å². The van der Waals surface area contributed by atoms with E-state index in [0.29, 0.717) is 45.9 Å². The molecule has 9 heteroatoms. The zero-order valence-electron chi connectivity index (χ0n) is 47.0. The molecule has 5 heterocycles. The van der Waals surface area contributed by atoms with Gasteiger partial charge in [-0.25, -0.2) is 9.97 Å². The van der Waals surface area contributed by atoms with Gasteiger partial charge < -0.3 is 29.9 Å². The molecule has 89 heavy (non-hydrogen) atoms. The second-order valence-electron chi connectivity index (χ2n) is 23.6. The van der Waals surface area contributed by atoms with Crippen molar-refractivity contribution in [2.24, 2.45) is 0 Å². The molecule has 19 aromatic rings. The second-order valence-corrected chi connectivity index (χ2v) is 23.6. The molecule has 0 saturated heterocycles. The van der Waals surface area contributed by atoms with Crippen molar-refractivity contribution < 1.29 is 17.1 Å². The van der Waals surface area contributed by atoms with Crippen molar-refractivity contribution in [3.63, 3.8) is 0 Å². The van der Waals surface area contributed by atoms with Gasteiger partial charge in [-0.3, -0.25) is 0 Å². The van der Waals surface area contributed by atoms with Crippen LogP contribution in [0.5, 0.6) is 0 Å². The minimum Gasteiger partial charge on any atom is -0.357 e. The number of aromatic nitrogens is 8. The molecule has 1 radical (unpaired) electrons. The quantitative estimate of drug-likeness (QED) is 0.109. The van der Waals surface area contributed by atoms with Gasteiger partial charge >= 0.3 is 17.1 Å². The van der Waals surface area contributed by atoms with E-state index in [9.17, 15) is 0 Å². The van der Waals surface area contributed by atoms with Crippen LogP contribution in [0.3, 0.4) is 0 Å². The van der Waals surface area contributed by atoms with Crippen LogP contribution in [-0.4, -0.2) is 29.9 Å². The van der Waals surface area contributed by atoms with Crippen LogP contribution < -0.4 is 9.97 Å². The van der Waals surface area contributed by atoms with E-state index in [2.05, 4.69) is 243 Å². The molecule has 0 atom stereocenters. The summed E-state index contributed by atoms with van der Waals surface area (Å²) in [6.45, 7) is 0. The average Bonchev–Trinajstić information content (AvgIpc) is 1.94. The van der Waals surface area contributed by atoms with E-state index in [1.54, 1.807) is 0 Å². The zero-order valence-corrected chi connectivity index (χ0v) is 47.9. The minimum absolute atomic E-state index is 0. The first-order valence-corrected chi connectivity index (χ1v) is 29.8. The molecule has 0 N–H and O–H groups in total. The van der Waals surface area contributed by atoms with E-state index in [1.165, 1.54) is 43.1 Å². The minimum atomic E-state index is 0. The van der Waals surface area contributed by atoms with Crippen LogP contribution in [0, 0.1) is 0 Å². The fourth-order valence-electron chi connectivity index (χ4n) is 15.3. The maximum absolute atomic E-state index is 5.66. The smallest absolute Gasteiger partial charge is 0.357 e. The van der Waals surface area contributed by atoms with Gasteiger partial charge in [-0.15, -0.1) is 0 Å². The Bertz CT molecular complexity index is 5910. The van der Waals surface area contributed by atoms with Gasteiger partial charge in [0.25, 0.3) is 0 Å². The van der Waals surface area contributed by atoms with Crippen LogP contribution in [-0.2, 0) is 17.1 Å². The van der Waals surface area contributed by atoms with Gasteiger partial charge in [0.05, 0.1) is 23.3 Å². The standard InChI is InChI=1S/C80H40N8.Cu/c1-9-25-49-41(17-1)42-18-2-10-26-50(42)58-34-66-65(33-57(49)58)73-81-74(66)86-76-69-37-61-53-29-13-5-21-45(53)46-22-6-14-30-54(46)62(61)38-70(69)78(83-76)88-80-72-40-64-56-32-16-8-24-48(56)47-23-7-15-31-55(47)63(64)39-71(72)79(84-80)87-77-68-36-60-52-28-12-4-20-44(52)43-19-3-11-27-51(43)59(60)35-67(68)75(82-77)85-73;/h1-40H;/q-2;+2. The van der Waals surface area contributed by atoms with Crippen molar-refractivity contribution in [3.8, 4) is 45.6 Å². The van der Waals surface area contributed by atoms with Crippen molar-refractivity contribution in [1.82, 2.24) is 39.9 Å². The van der Waals surface area contributed by atoms with Gasteiger partial charge in [0.15, 0.2) is 0 Å². The number of hydrogen-bond donors (Lipinski definition) is 0. The second kappa shape index (κ2) is 17.8. The number of benzene rings is 16. The maximum atomic E-state index is 5.66. The van der Waals surface area contributed by atoms with Gasteiger partial charge in [0.2, 0.25) is 0 Å². The average molecular weight is 1180 g/mol. The van der Waals surface area contributed by atoms with Crippen LogP contribution in [0.1, 0.15) is 0 Å². The van der Waals surface area contributed by atoms with Gasteiger partial charge in [-0.2, -0.15) is 0 Å². The maximum Gasteiger partial charge on any atom is 2.00 e. The Morgan fingerprint density at radius 3 is 0.472 bits per heavy atom. The fraction of sp³-hybridized carbons (Fsp3) is 0. The Hall–Kier alpha value is -11.5. The summed E-state index contributed by atoms with van der Waals surface area (Å²) in [5, 5.41) is 30.9. The van der Waals surface area contributed by atoms with E-state index >= 15 is 0 Å². The summed E-state index contributed by atoms with van der Waals surface area (Å²) in [5.74, 6) is 2.01. The molecule has 0 saturated carbocycles. The predicted octanol–water partition coefficient (Wildman–Crippen LogP) is 20.0. The third kappa shape index (κ3) is 6.66. The first-order chi connectivity index (χ1) is 43.6. The number of rotatable bonds is 0. The topological polar surface area (TPSA) is 106 Å². The molecular weight excluding hydrogens is 1140 g/mol. The molecule has 411 valence electrons. The molecule has 2 aliphatic heterocycles. The van der Waals surface area contributed by atoms with E-state index in [-0.39, 0.29) is 17.1 Å². The molecule has 3 aromatic heterocycles. The summed E-state index contributed by atoms with van der Waals surface area (Å²) in [6, 6.07) is 87.6. The summed E-state index contributed by atoms with van der Waals surface area (Å²) >= 11 is 0. The first kappa shape index (κ1) is 48.7. The Morgan fingerprint density at radius 1 is 0.157 bits per heavy atom. The number of hydrogen-bond acceptors (Lipinski definition) is 6. The molecule has 0 amide bonds. The third-order valence-corrected chi connectivity index (χ3v) is 19.2. The summed E-state index contributed by atoms with van der Waals surface area (Å²) in [5.41, 5.74) is 5.42. The van der Waals surface area contributed by atoms with Crippen LogP contribution in [0.15, 0.2) is 243 Å². The van der Waals surface area contributed by atoms with Crippen LogP contribution >= 0.6 is 0 Å². The Balaban J connectivity index is 0.00000555. The van der Waals surface area contributed by atoms with E-state index < -0.39 is 0 Å². The Morgan fingerprint density at radius 2 is 0.303 bits per heavy atom. The van der Waals surface area contributed by atoms with E-state index in [4.69, 9.17) is 39.9 Å². The zero-order chi connectivity index (χ0) is 57.0. The molecule has 16 aromatic carbocycles. The van der Waals surface area contributed by atoms with Crippen molar-refractivity contribution in [3.05, 3.63) is 243 Å². The molecule has 0 fully saturated rings. The SMILES string of the molecule is [Cu+2].c1ccc2c(c1)c1ccccc1c1cc3c(cc21)-c1nc-3nc2[n-]c(nc3nc(nc4[n-]c(n1)c1cc5c6ccccc6c6ccccc6c5cc41)-c1cc4c5ccccc5c5ccccc5c4cc1-3)c1cc3c4ccccc4c4ccccc4c3cc21. The van der Waals surface area contributed by atoms with Gasteiger partial charge in [-0.05, 0) is 199 Å². The van der Waals surface area contributed by atoms with E-state index in [1.807, 2.05) is 0 Å². The molecule has 0 spiro atoms.